The lowest BCUT2D eigenvalue weighted by atomic mass is 9.94. The van der Waals surface area contributed by atoms with E-state index in [2.05, 4.69) is 5.32 Å². The Balaban J connectivity index is 1.39. The number of fused-ring (bicyclic) bond motifs is 1. The summed E-state index contributed by atoms with van der Waals surface area (Å²) in [6, 6.07) is 18.3. The molecule has 0 aliphatic carbocycles. The molecule has 2 atom stereocenters. The highest BCUT2D eigenvalue weighted by atomic mass is 16.7. The molecular formula is C32H33NO7. The average molecular weight is 544 g/mol. The largest absolute Gasteiger partial charge is 0.505 e. The van der Waals surface area contributed by atoms with Crippen LogP contribution in [0.25, 0.3) is 22.1 Å². The molecule has 4 aromatic rings. The van der Waals surface area contributed by atoms with Gasteiger partial charge < -0.3 is 29.1 Å². The molecule has 3 aromatic carbocycles. The van der Waals surface area contributed by atoms with Gasteiger partial charge in [0.1, 0.15) is 11.3 Å². The average Bonchev–Trinajstić information content (AvgIpc) is 2.93. The normalized spacial score (nSPS) is 18.4. The van der Waals surface area contributed by atoms with Crippen LogP contribution in [0.15, 0.2) is 69.9 Å². The first-order chi connectivity index (χ1) is 19.1. The fourth-order valence-corrected chi connectivity index (χ4v) is 5.11. The third kappa shape index (κ3) is 5.33. The first kappa shape index (κ1) is 27.4. The Morgan fingerprint density at radius 2 is 1.77 bits per heavy atom. The van der Waals surface area contributed by atoms with Crippen molar-refractivity contribution in [3.63, 3.8) is 0 Å². The molecule has 8 nitrogen and oxygen atoms in total. The van der Waals surface area contributed by atoms with E-state index in [9.17, 15) is 14.7 Å². The molecule has 1 aliphatic rings. The molecule has 1 fully saturated rings. The summed E-state index contributed by atoms with van der Waals surface area (Å²) >= 11 is 0. The van der Waals surface area contributed by atoms with E-state index < -0.39 is 23.4 Å². The molecule has 1 amide bonds. The van der Waals surface area contributed by atoms with E-state index in [1.165, 1.54) is 0 Å². The molecule has 1 aromatic heterocycles. The van der Waals surface area contributed by atoms with Crippen LogP contribution in [-0.4, -0.2) is 36.1 Å². The SMILES string of the molecule is CO[C@@H]1CC[C@H](Oc2ccc3c(O)c(NC(=O)c4cccc(-c5ccc(C)cc5)c4)c(=O)oc3c2C)OC1(C)C. The second-order valence-corrected chi connectivity index (χ2v) is 10.6. The third-order valence-corrected chi connectivity index (χ3v) is 7.41. The molecule has 40 heavy (non-hydrogen) atoms. The zero-order valence-corrected chi connectivity index (χ0v) is 23.2. The van der Waals surface area contributed by atoms with Crippen LogP contribution in [0, 0.1) is 13.8 Å². The van der Waals surface area contributed by atoms with Crippen molar-refractivity contribution in [2.45, 2.75) is 58.5 Å². The second kappa shape index (κ2) is 10.8. The monoisotopic (exact) mass is 543 g/mol. The van der Waals surface area contributed by atoms with Crippen molar-refractivity contribution in [1.29, 1.82) is 0 Å². The van der Waals surface area contributed by atoms with Crippen molar-refractivity contribution in [1.82, 2.24) is 0 Å². The lowest BCUT2D eigenvalue weighted by Gasteiger charge is -2.41. The van der Waals surface area contributed by atoms with E-state index in [-0.39, 0.29) is 28.5 Å². The predicted molar refractivity (Wildman–Crippen MR) is 153 cm³/mol. The number of anilines is 1. The van der Waals surface area contributed by atoms with Gasteiger partial charge in [-0.2, -0.15) is 0 Å². The first-order valence-corrected chi connectivity index (χ1v) is 13.2. The van der Waals surface area contributed by atoms with Gasteiger partial charge in [0, 0.05) is 24.7 Å². The summed E-state index contributed by atoms with van der Waals surface area (Å²) in [6.45, 7) is 7.65. The summed E-state index contributed by atoms with van der Waals surface area (Å²) in [4.78, 5) is 26.0. The number of hydrogen-bond acceptors (Lipinski definition) is 7. The molecule has 0 bridgehead atoms. The van der Waals surface area contributed by atoms with Gasteiger partial charge in [-0.25, -0.2) is 4.79 Å². The quantitative estimate of drug-likeness (QED) is 0.273. The number of aromatic hydroxyl groups is 1. The molecular weight excluding hydrogens is 510 g/mol. The van der Waals surface area contributed by atoms with Crippen LogP contribution < -0.4 is 15.7 Å². The van der Waals surface area contributed by atoms with E-state index in [1.807, 2.05) is 51.1 Å². The number of carbonyl (C=O) groups excluding carboxylic acids is 1. The number of hydrogen-bond donors (Lipinski definition) is 2. The number of amides is 1. The number of benzene rings is 3. The highest BCUT2D eigenvalue weighted by Crippen LogP contribution is 2.37. The Morgan fingerprint density at radius 1 is 1.02 bits per heavy atom. The number of aryl methyl sites for hydroxylation is 2. The molecule has 0 radical (unpaired) electrons. The van der Waals surface area contributed by atoms with Crippen molar-refractivity contribution >= 4 is 22.6 Å². The fourth-order valence-electron chi connectivity index (χ4n) is 5.11. The lowest BCUT2D eigenvalue weighted by molar-refractivity contribution is -0.233. The second-order valence-electron chi connectivity index (χ2n) is 10.6. The van der Waals surface area contributed by atoms with Crippen molar-refractivity contribution in [2.24, 2.45) is 0 Å². The summed E-state index contributed by atoms with van der Waals surface area (Å²) in [5.74, 6) is -0.447. The van der Waals surface area contributed by atoms with Gasteiger partial charge in [0.2, 0.25) is 6.29 Å². The van der Waals surface area contributed by atoms with Crippen LogP contribution >= 0.6 is 0 Å². The maximum Gasteiger partial charge on any atom is 0.364 e. The Morgan fingerprint density at radius 3 is 2.48 bits per heavy atom. The number of carbonyl (C=O) groups is 1. The zero-order valence-electron chi connectivity index (χ0n) is 23.2. The van der Waals surface area contributed by atoms with Crippen molar-refractivity contribution in [3.8, 4) is 22.6 Å². The van der Waals surface area contributed by atoms with Crippen LogP contribution in [0.5, 0.6) is 11.5 Å². The number of rotatable bonds is 6. The third-order valence-electron chi connectivity index (χ3n) is 7.41. The molecule has 0 unspecified atom stereocenters. The molecule has 208 valence electrons. The van der Waals surface area contributed by atoms with Crippen LogP contribution in [0.4, 0.5) is 5.69 Å². The first-order valence-electron chi connectivity index (χ1n) is 13.2. The zero-order chi connectivity index (χ0) is 28.6. The van der Waals surface area contributed by atoms with Gasteiger partial charge >= 0.3 is 5.63 Å². The topological polar surface area (TPSA) is 107 Å². The minimum absolute atomic E-state index is 0.0428. The predicted octanol–water partition coefficient (Wildman–Crippen LogP) is 6.34. The summed E-state index contributed by atoms with van der Waals surface area (Å²) in [6.07, 6.45) is 0.851. The number of ether oxygens (including phenoxy) is 3. The summed E-state index contributed by atoms with van der Waals surface area (Å²) in [5, 5.41) is 13.8. The Kier molecular flexibility index (Phi) is 7.40. The maximum absolute atomic E-state index is 13.1. The smallest absolute Gasteiger partial charge is 0.364 e. The number of nitrogens with one attached hydrogen (secondary N) is 1. The minimum atomic E-state index is -0.869. The van der Waals surface area contributed by atoms with Crippen LogP contribution in [0.3, 0.4) is 0 Å². The van der Waals surface area contributed by atoms with Crippen LogP contribution in [0.2, 0.25) is 0 Å². The van der Waals surface area contributed by atoms with Gasteiger partial charge in [0.05, 0.1) is 17.1 Å². The van der Waals surface area contributed by atoms with E-state index in [4.69, 9.17) is 18.6 Å². The summed E-state index contributed by atoms with van der Waals surface area (Å²) in [7, 11) is 1.66. The van der Waals surface area contributed by atoms with Gasteiger partial charge in [-0.05, 0) is 69.5 Å². The van der Waals surface area contributed by atoms with Crippen molar-refractivity contribution in [3.05, 3.63) is 87.8 Å². The van der Waals surface area contributed by atoms with E-state index >= 15 is 0 Å². The highest BCUT2D eigenvalue weighted by Gasteiger charge is 2.39. The molecule has 0 spiro atoms. The van der Waals surface area contributed by atoms with Gasteiger partial charge in [-0.3, -0.25) is 4.79 Å². The molecule has 0 saturated carbocycles. The Bertz CT molecular complexity index is 1620. The van der Waals surface area contributed by atoms with Gasteiger partial charge in [0.25, 0.3) is 5.91 Å². The van der Waals surface area contributed by atoms with E-state index in [0.717, 1.165) is 23.1 Å². The fraction of sp³-hybridized carbons (Fsp3) is 0.312. The highest BCUT2D eigenvalue weighted by molar-refractivity contribution is 6.07. The van der Waals surface area contributed by atoms with Crippen LogP contribution in [-0.2, 0) is 9.47 Å². The Hall–Kier alpha value is -4.14. The van der Waals surface area contributed by atoms with Gasteiger partial charge in [-0.1, -0.05) is 42.0 Å². The standard InChI is InChI=1S/C32H33NO7/c1-18-9-11-20(12-10-18)21-7-6-8-22(17-21)30(35)33-27-28(34)23-13-14-24(19(2)29(23)39-31(27)36)38-26-16-15-25(37-5)32(3,4)40-26/h6-14,17,25-26,34H,15-16H2,1-5H3,(H,33,35)/t25-,26-/m1/s1. The van der Waals surface area contributed by atoms with Gasteiger partial charge in [0.15, 0.2) is 11.4 Å². The van der Waals surface area contributed by atoms with Crippen molar-refractivity contribution < 1.29 is 28.5 Å². The summed E-state index contributed by atoms with van der Waals surface area (Å²) < 4.78 is 23.3. The molecule has 2 N–H and O–H groups in total. The molecule has 8 heteroatoms. The van der Waals surface area contributed by atoms with Crippen molar-refractivity contribution in [2.75, 3.05) is 12.4 Å². The molecule has 1 aliphatic heterocycles. The molecule has 5 rings (SSSR count). The summed E-state index contributed by atoms with van der Waals surface area (Å²) in [5.41, 5.74) is 2.27. The van der Waals surface area contributed by atoms with E-state index in [1.54, 1.807) is 44.4 Å². The Labute approximate surface area is 232 Å². The maximum atomic E-state index is 13.1. The van der Waals surface area contributed by atoms with Gasteiger partial charge in [-0.15, -0.1) is 0 Å². The lowest BCUT2D eigenvalue weighted by Crippen LogP contribution is -2.49. The molecule has 1 saturated heterocycles. The van der Waals surface area contributed by atoms with E-state index in [0.29, 0.717) is 23.3 Å². The van der Waals surface area contributed by atoms with Crippen LogP contribution in [0.1, 0.15) is 48.2 Å². The molecule has 2 heterocycles. The number of methoxy groups -OCH3 is 1. The minimum Gasteiger partial charge on any atom is -0.505 e.